The fourth-order valence-corrected chi connectivity index (χ4v) is 5.18. The van der Waals surface area contributed by atoms with E-state index in [0.717, 1.165) is 25.9 Å². The third-order valence-corrected chi connectivity index (χ3v) is 7.20. The molecule has 2 heterocycles. The molecule has 0 aromatic heterocycles. The molecular formula is C19H27N3O5S. The van der Waals surface area contributed by atoms with E-state index in [1.54, 1.807) is 17.0 Å². The first-order valence-electron chi connectivity index (χ1n) is 9.61. The molecule has 9 heteroatoms. The van der Waals surface area contributed by atoms with E-state index in [-0.39, 0.29) is 29.8 Å². The third-order valence-electron chi connectivity index (χ3n) is 5.32. The van der Waals surface area contributed by atoms with Crippen molar-refractivity contribution in [2.24, 2.45) is 5.92 Å². The van der Waals surface area contributed by atoms with Crippen LogP contribution in [0.4, 0.5) is 0 Å². The molecule has 1 N–H and O–H groups in total. The van der Waals surface area contributed by atoms with Gasteiger partial charge in [0, 0.05) is 26.2 Å². The fourth-order valence-electron chi connectivity index (χ4n) is 3.66. The second-order valence-electron chi connectivity index (χ2n) is 7.18. The van der Waals surface area contributed by atoms with Crippen molar-refractivity contribution in [1.29, 1.82) is 0 Å². The number of methoxy groups -OCH3 is 1. The molecule has 2 amide bonds. The Morgan fingerprint density at radius 3 is 2.43 bits per heavy atom. The molecule has 0 aliphatic carbocycles. The molecule has 0 saturated carbocycles. The zero-order valence-electron chi connectivity index (χ0n) is 16.1. The second kappa shape index (κ2) is 8.91. The van der Waals surface area contributed by atoms with Gasteiger partial charge in [-0.3, -0.25) is 9.59 Å². The highest BCUT2D eigenvalue weighted by molar-refractivity contribution is 7.89. The van der Waals surface area contributed by atoms with E-state index in [1.165, 1.54) is 23.5 Å². The Hall–Kier alpha value is -2.13. The number of hydrogen-bond donors (Lipinski definition) is 1. The van der Waals surface area contributed by atoms with E-state index in [2.05, 4.69) is 5.32 Å². The minimum Gasteiger partial charge on any atom is -0.497 e. The van der Waals surface area contributed by atoms with Crippen molar-refractivity contribution in [3.63, 3.8) is 0 Å². The Labute approximate surface area is 165 Å². The lowest BCUT2D eigenvalue weighted by Crippen LogP contribution is -2.47. The maximum absolute atomic E-state index is 12.9. The van der Waals surface area contributed by atoms with E-state index in [4.69, 9.17) is 4.74 Å². The normalized spacial score (nSPS) is 20.8. The summed E-state index contributed by atoms with van der Waals surface area (Å²) in [6.07, 6.45) is 3.22. The average molecular weight is 410 g/mol. The number of piperidine rings is 1. The highest BCUT2D eigenvalue weighted by atomic mass is 32.2. The molecule has 1 aromatic rings. The van der Waals surface area contributed by atoms with Crippen LogP contribution in [0.5, 0.6) is 5.75 Å². The van der Waals surface area contributed by atoms with Crippen LogP contribution in [0.25, 0.3) is 0 Å². The number of rotatable bonds is 6. The van der Waals surface area contributed by atoms with Crippen LogP contribution in [0.2, 0.25) is 0 Å². The first-order valence-corrected chi connectivity index (χ1v) is 11.1. The Balaban J connectivity index is 1.59. The molecule has 0 spiro atoms. The van der Waals surface area contributed by atoms with Gasteiger partial charge in [0.1, 0.15) is 5.75 Å². The van der Waals surface area contributed by atoms with Crippen molar-refractivity contribution >= 4 is 21.8 Å². The molecule has 0 bridgehead atoms. The predicted octanol–water partition coefficient (Wildman–Crippen LogP) is 0.835. The van der Waals surface area contributed by atoms with Crippen molar-refractivity contribution in [3.05, 3.63) is 24.3 Å². The van der Waals surface area contributed by atoms with Gasteiger partial charge in [-0.1, -0.05) is 0 Å². The molecular weight excluding hydrogens is 382 g/mol. The van der Waals surface area contributed by atoms with Gasteiger partial charge in [-0.15, -0.1) is 0 Å². The van der Waals surface area contributed by atoms with Crippen LogP contribution in [-0.4, -0.2) is 69.3 Å². The molecule has 1 unspecified atom stereocenters. The number of nitrogens with one attached hydrogen (secondary N) is 1. The number of likely N-dealkylation sites (tertiary alicyclic amines) is 1. The van der Waals surface area contributed by atoms with Crippen LogP contribution in [0.3, 0.4) is 0 Å². The van der Waals surface area contributed by atoms with Gasteiger partial charge >= 0.3 is 0 Å². The summed E-state index contributed by atoms with van der Waals surface area (Å²) in [5.74, 6) is -0.211. The van der Waals surface area contributed by atoms with Gasteiger partial charge in [-0.25, -0.2) is 8.42 Å². The number of nitrogens with zero attached hydrogens (tertiary/aromatic N) is 2. The van der Waals surface area contributed by atoms with Crippen molar-refractivity contribution < 1.29 is 22.7 Å². The molecule has 0 radical (unpaired) electrons. The SMILES string of the molecule is COc1ccc(S(=O)(=O)N2CCCC(C(=O)NCC(=O)N3CCCC3)C2)cc1. The van der Waals surface area contributed by atoms with Crippen molar-refractivity contribution in [2.75, 3.05) is 39.8 Å². The molecule has 2 saturated heterocycles. The molecule has 1 atom stereocenters. The quantitative estimate of drug-likeness (QED) is 0.751. The minimum atomic E-state index is -3.68. The van der Waals surface area contributed by atoms with Gasteiger partial charge in [0.05, 0.1) is 24.5 Å². The molecule has 1 aromatic carbocycles. The topological polar surface area (TPSA) is 96.0 Å². The molecule has 3 rings (SSSR count). The second-order valence-corrected chi connectivity index (χ2v) is 9.12. The van der Waals surface area contributed by atoms with Crippen LogP contribution in [0.1, 0.15) is 25.7 Å². The number of amides is 2. The Morgan fingerprint density at radius 1 is 1.11 bits per heavy atom. The summed E-state index contributed by atoms with van der Waals surface area (Å²) in [6, 6.07) is 6.22. The van der Waals surface area contributed by atoms with Crippen molar-refractivity contribution in [2.45, 2.75) is 30.6 Å². The summed E-state index contributed by atoms with van der Waals surface area (Å²) < 4.78 is 32.2. The lowest BCUT2D eigenvalue weighted by Gasteiger charge is -2.31. The maximum atomic E-state index is 12.9. The maximum Gasteiger partial charge on any atom is 0.243 e. The average Bonchev–Trinajstić information content (AvgIpc) is 3.27. The zero-order chi connectivity index (χ0) is 20.1. The zero-order valence-corrected chi connectivity index (χ0v) is 16.9. The predicted molar refractivity (Wildman–Crippen MR) is 103 cm³/mol. The van der Waals surface area contributed by atoms with E-state index >= 15 is 0 Å². The molecule has 28 heavy (non-hydrogen) atoms. The molecule has 2 fully saturated rings. The number of sulfonamides is 1. The van der Waals surface area contributed by atoms with Gasteiger partial charge < -0.3 is 15.0 Å². The lowest BCUT2D eigenvalue weighted by molar-refractivity contribution is -0.133. The largest absolute Gasteiger partial charge is 0.497 e. The first kappa shape index (κ1) is 20.6. The summed E-state index contributed by atoms with van der Waals surface area (Å²) >= 11 is 0. The number of ether oxygens (including phenoxy) is 1. The van der Waals surface area contributed by atoms with Crippen LogP contribution in [-0.2, 0) is 19.6 Å². The van der Waals surface area contributed by atoms with E-state index in [9.17, 15) is 18.0 Å². The number of carbonyl (C=O) groups excluding carboxylic acids is 2. The van der Waals surface area contributed by atoms with E-state index in [1.807, 2.05) is 0 Å². The lowest BCUT2D eigenvalue weighted by atomic mass is 9.99. The highest BCUT2D eigenvalue weighted by Gasteiger charge is 2.33. The van der Waals surface area contributed by atoms with Gasteiger partial charge in [0.15, 0.2) is 0 Å². The minimum absolute atomic E-state index is 0.0272. The van der Waals surface area contributed by atoms with E-state index < -0.39 is 15.9 Å². The molecule has 8 nitrogen and oxygen atoms in total. The van der Waals surface area contributed by atoms with E-state index in [0.29, 0.717) is 25.1 Å². The molecule has 2 aliphatic heterocycles. The summed E-state index contributed by atoms with van der Waals surface area (Å²) in [5, 5.41) is 2.69. The standard InChI is InChI=1S/C19H27N3O5S/c1-27-16-6-8-17(9-7-16)28(25,26)22-12-4-5-15(14-22)19(24)20-13-18(23)21-10-2-3-11-21/h6-9,15H,2-5,10-14H2,1H3,(H,20,24). The highest BCUT2D eigenvalue weighted by Crippen LogP contribution is 2.25. The summed E-state index contributed by atoms with van der Waals surface area (Å²) in [4.78, 5) is 26.5. The fraction of sp³-hybridized carbons (Fsp3) is 0.579. The van der Waals surface area contributed by atoms with Crippen LogP contribution in [0, 0.1) is 5.92 Å². The Bertz CT molecular complexity index is 803. The van der Waals surface area contributed by atoms with Crippen LogP contribution >= 0.6 is 0 Å². The van der Waals surface area contributed by atoms with Gasteiger partial charge in [0.2, 0.25) is 21.8 Å². The number of carbonyl (C=O) groups is 2. The van der Waals surface area contributed by atoms with Crippen molar-refractivity contribution in [3.8, 4) is 5.75 Å². The van der Waals surface area contributed by atoms with Crippen LogP contribution < -0.4 is 10.1 Å². The molecule has 154 valence electrons. The number of hydrogen-bond acceptors (Lipinski definition) is 5. The van der Waals surface area contributed by atoms with Gasteiger partial charge in [-0.05, 0) is 49.9 Å². The smallest absolute Gasteiger partial charge is 0.243 e. The van der Waals surface area contributed by atoms with Gasteiger partial charge in [-0.2, -0.15) is 4.31 Å². The summed E-state index contributed by atoms with van der Waals surface area (Å²) in [7, 11) is -2.16. The monoisotopic (exact) mass is 409 g/mol. The Morgan fingerprint density at radius 2 is 1.79 bits per heavy atom. The summed E-state index contributed by atoms with van der Waals surface area (Å²) in [6.45, 7) is 1.96. The Kier molecular flexibility index (Phi) is 6.56. The number of benzene rings is 1. The van der Waals surface area contributed by atoms with Crippen LogP contribution in [0.15, 0.2) is 29.2 Å². The molecule has 2 aliphatic rings. The van der Waals surface area contributed by atoms with Crippen molar-refractivity contribution in [1.82, 2.24) is 14.5 Å². The van der Waals surface area contributed by atoms with Gasteiger partial charge in [0.25, 0.3) is 0 Å². The third kappa shape index (κ3) is 4.64. The first-order chi connectivity index (χ1) is 13.4. The summed E-state index contributed by atoms with van der Waals surface area (Å²) in [5.41, 5.74) is 0.